The van der Waals surface area contributed by atoms with Crippen molar-refractivity contribution in [1.29, 1.82) is 0 Å². The van der Waals surface area contributed by atoms with Crippen molar-refractivity contribution in [2.75, 3.05) is 32.2 Å². The average Bonchev–Trinajstić information content (AvgIpc) is 3.03. The molecule has 2 atom stereocenters. The number of carbonyl (C=O) groups excluding carboxylic acids is 2. The number of ether oxygens (including phenoxy) is 3. The van der Waals surface area contributed by atoms with Crippen LogP contribution >= 0.6 is 0 Å². The van der Waals surface area contributed by atoms with E-state index in [0.29, 0.717) is 36.6 Å². The molecular weight excluding hydrogens is 562 g/mol. The van der Waals surface area contributed by atoms with Gasteiger partial charge >= 0.3 is 11.9 Å². The van der Waals surface area contributed by atoms with Gasteiger partial charge in [-0.3, -0.25) is 19.9 Å². The normalized spacial score (nSPS) is 16.2. The van der Waals surface area contributed by atoms with Crippen molar-refractivity contribution in [2.45, 2.75) is 39.2 Å². The van der Waals surface area contributed by atoms with E-state index in [1.807, 2.05) is 54.6 Å². The van der Waals surface area contributed by atoms with Crippen LogP contribution in [0.25, 0.3) is 0 Å². The van der Waals surface area contributed by atoms with Crippen LogP contribution in [0.5, 0.6) is 0 Å². The number of carbonyl (C=O) groups is 2. The molecule has 3 aromatic carbocycles. The molecule has 44 heavy (non-hydrogen) atoms. The zero-order valence-electron chi connectivity index (χ0n) is 25.2. The van der Waals surface area contributed by atoms with Crippen molar-refractivity contribution in [3.63, 3.8) is 0 Å². The molecule has 0 fully saturated rings. The lowest BCUT2D eigenvalue weighted by Crippen LogP contribution is -2.36. The van der Waals surface area contributed by atoms with Crippen LogP contribution in [0.3, 0.4) is 0 Å². The van der Waals surface area contributed by atoms with Gasteiger partial charge in [0.05, 0.1) is 30.8 Å². The molecule has 10 nitrogen and oxygen atoms in total. The molecule has 0 aliphatic carbocycles. The van der Waals surface area contributed by atoms with E-state index < -0.39 is 28.7 Å². The maximum atomic E-state index is 13.4. The third-order valence-electron chi connectivity index (χ3n) is 7.43. The number of hydrogen-bond donors (Lipinski definition) is 1. The highest BCUT2D eigenvalue weighted by Gasteiger charge is 2.42. The number of rotatable bonds is 14. The van der Waals surface area contributed by atoms with E-state index >= 15 is 0 Å². The first kappa shape index (κ1) is 32.1. The van der Waals surface area contributed by atoms with Crippen LogP contribution in [-0.2, 0) is 36.8 Å². The highest BCUT2D eigenvalue weighted by molar-refractivity contribution is 6.07. The topological polar surface area (TPSA) is 129 Å². The summed E-state index contributed by atoms with van der Waals surface area (Å²) in [7, 11) is 1.26. The molecule has 4 rings (SSSR count). The summed E-state index contributed by atoms with van der Waals surface area (Å²) < 4.78 is 16.4. The van der Waals surface area contributed by atoms with Crippen molar-refractivity contribution in [3.8, 4) is 0 Å². The molecule has 1 heterocycles. The zero-order chi connectivity index (χ0) is 31.5. The van der Waals surface area contributed by atoms with Crippen LogP contribution in [0.4, 0.5) is 11.4 Å². The lowest BCUT2D eigenvalue weighted by atomic mass is 9.75. The first-order valence-electron chi connectivity index (χ1n) is 14.5. The lowest BCUT2D eigenvalue weighted by Gasteiger charge is -2.31. The number of benzene rings is 3. The third-order valence-corrected chi connectivity index (χ3v) is 7.43. The molecule has 0 aromatic heterocycles. The Morgan fingerprint density at radius 2 is 1.70 bits per heavy atom. The molecule has 1 aliphatic rings. The minimum absolute atomic E-state index is 0.106. The number of nitrogens with one attached hydrogen (secondary N) is 1. The number of nitro groups is 1. The number of non-ortho nitro benzene ring substituents is 1. The Labute approximate surface area is 256 Å². The number of anilines is 1. The van der Waals surface area contributed by atoms with Gasteiger partial charge in [0.1, 0.15) is 5.92 Å². The summed E-state index contributed by atoms with van der Waals surface area (Å²) in [5.74, 6) is -2.99. The van der Waals surface area contributed by atoms with Gasteiger partial charge in [-0.05, 0) is 49.1 Å². The van der Waals surface area contributed by atoms with Gasteiger partial charge in [0.2, 0.25) is 0 Å². The Kier molecular flexibility index (Phi) is 11.4. The van der Waals surface area contributed by atoms with Gasteiger partial charge in [0.15, 0.2) is 0 Å². The van der Waals surface area contributed by atoms with E-state index in [4.69, 9.17) is 14.2 Å². The fourth-order valence-electron chi connectivity index (χ4n) is 5.23. The van der Waals surface area contributed by atoms with E-state index in [2.05, 4.69) is 10.3 Å². The molecule has 0 amide bonds. The van der Waals surface area contributed by atoms with E-state index in [-0.39, 0.29) is 17.9 Å². The molecule has 2 unspecified atom stereocenters. The minimum Gasteiger partial charge on any atom is -0.468 e. The molecular formula is C34H37N3O7. The maximum Gasteiger partial charge on any atom is 0.336 e. The number of allylic oxidation sites excluding steroid dienone is 1. The fourth-order valence-corrected chi connectivity index (χ4v) is 5.23. The molecule has 0 saturated carbocycles. The second-order valence-electron chi connectivity index (χ2n) is 10.5. The minimum atomic E-state index is -0.927. The van der Waals surface area contributed by atoms with Crippen LogP contribution in [0, 0.1) is 16.0 Å². The summed E-state index contributed by atoms with van der Waals surface area (Å²) in [6.45, 7) is 5.49. The second kappa shape index (κ2) is 15.6. The summed E-state index contributed by atoms with van der Waals surface area (Å²) in [5, 5.41) is 14.8. The van der Waals surface area contributed by atoms with Crippen LogP contribution in [-0.4, -0.2) is 49.4 Å². The molecule has 0 radical (unpaired) electrons. The fraction of sp³-hybridized carbons (Fsp3) is 0.324. The molecule has 0 spiro atoms. The van der Waals surface area contributed by atoms with E-state index in [0.717, 1.165) is 29.8 Å². The third kappa shape index (κ3) is 8.38. The van der Waals surface area contributed by atoms with E-state index in [1.54, 1.807) is 19.9 Å². The number of aliphatic imine (C=N–C) groups is 1. The standard InChI is InChI=1S/C34H37N3O7/c1-23-30(33(38)42-3)32(27-11-7-12-29(21-27)37(40)41)31(24(2)36-23)34(39)44-20-17-25-13-15-28(16-14-25)35-18-8-19-43-22-26-9-5-4-6-10-26/h4-7,9-16,21,30,32,35H,8,17-20,22H2,1-3H3. The van der Waals surface area contributed by atoms with Crippen LogP contribution in [0.15, 0.2) is 95.1 Å². The number of esters is 2. The summed E-state index contributed by atoms with van der Waals surface area (Å²) in [6.07, 6.45) is 1.35. The van der Waals surface area contributed by atoms with Gasteiger partial charge in [-0.15, -0.1) is 0 Å². The van der Waals surface area contributed by atoms with Crippen molar-refractivity contribution >= 4 is 29.0 Å². The highest BCUT2D eigenvalue weighted by atomic mass is 16.6. The van der Waals surface area contributed by atoms with E-state index in [9.17, 15) is 19.7 Å². The first-order valence-corrected chi connectivity index (χ1v) is 14.5. The Morgan fingerprint density at radius 3 is 2.41 bits per heavy atom. The zero-order valence-corrected chi connectivity index (χ0v) is 25.2. The molecule has 0 bridgehead atoms. The van der Waals surface area contributed by atoms with Crippen LogP contribution in [0.1, 0.15) is 42.9 Å². The summed E-state index contributed by atoms with van der Waals surface area (Å²) in [6, 6.07) is 23.9. The van der Waals surface area contributed by atoms with Gasteiger partial charge in [-0.25, -0.2) is 4.79 Å². The van der Waals surface area contributed by atoms with Crippen molar-refractivity contribution < 1.29 is 28.7 Å². The van der Waals surface area contributed by atoms with Crippen molar-refractivity contribution in [1.82, 2.24) is 0 Å². The summed E-state index contributed by atoms with van der Waals surface area (Å²) >= 11 is 0. The Morgan fingerprint density at radius 1 is 0.955 bits per heavy atom. The first-order chi connectivity index (χ1) is 21.3. The number of nitrogens with zero attached hydrogens (tertiary/aromatic N) is 2. The van der Waals surface area contributed by atoms with Gasteiger partial charge in [-0.1, -0.05) is 54.6 Å². The van der Waals surface area contributed by atoms with Crippen molar-refractivity contribution in [3.05, 3.63) is 117 Å². The monoisotopic (exact) mass is 599 g/mol. The number of hydrogen-bond acceptors (Lipinski definition) is 9. The maximum absolute atomic E-state index is 13.4. The molecule has 3 aromatic rings. The van der Waals surface area contributed by atoms with Gasteiger partial charge in [0.25, 0.3) is 5.69 Å². The van der Waals surface area contributed by atoms with Gasteiger partial charge in [-0.2, -0.15) is 0 Å². The SMILES string of the molecule is COC(=O)C1C(C)=NC(C)=C(C(=O)OCCc2ccc(NCCCOCc3ccccc3)cc2)C1c1cccc([N+](=O)[O-])c1. The molecule has 1 N–H and O–H groups in total. The molecule has 0 saturated heterocycles. The summed E-state index contributed by atoms with van der Waals surface area (Å²) in [5.41, 5.74) is 4.44. The average molecular weight is 600 g/mol. The Hall–Kier alpha value is -4.83. The second-order valence-corrected chi connectivity index (χ2v) is 10.5. The summed E-state index contributed by atoms with van der Waals surface area (Å²) in [4.78, 5) is 41.7. The highest BCUT2D eigenvalue weighted by Crippen LogP contribution is 2.41. The largest absolute Gasteiger partial charge is 0.468 e. The number of methoxy groups -OCH3 is 1. The molecule has 10 heteroatoms. The predicted molar refractivity (Wildman–Crippen MR) is 167 cm³/mol. The number of nitro benzene ring substituents is 1. The quantitative estimate of drug-likeness (QED) is 0.103. The van der Waals surface area contributed by atoms with Gasteiger partial charge < -0.3 is 19.5 Å². The Bertz CT molecular complexity index is 1520. The van der Waals surface area contributed by atoms with Gasteiger partial charge in [0, 0.05) is 54.7 Å². The van der Waals surface area contributed by atoms with Crippen molar-refractivity contribution in [2.24, 2.45) is 10.9 Å². The molecule has 1 aliphatic heterocycles. The van der Waals surface area contributed by atoms with E-state index in [1.165, 1.54) is 25.3 Å². The smallest absolute Gasteiger partial charge is 0.336 e. The predicted octanol–water partition coefficient (Wildman–Crippen LogP) is 6.02. The van der Waals surface area contributed by atoms with Crippen LogP contribution < -0.4 is 5.32 Å². The lowest BCUT2D eigenvalue weighted by molar-refractivity contribution is -0.384. The van der Waals surface area contributed by atoms with Crippen LogP contribution in [0.2, 0.25) is 0 Å². The molecule has 230 valence electrons. The Balaban J connectivity index is 1.33.